The Balaban J connectivity index is 1.54. The van der Waals surface area contributed by atoms with Crippen LogP contribution in [0.15, 0.2) is 42.5 Å². The molecule has 1 aliphatic carbocycles. The zero-order valence-electron chi connectivity index (χ0n) is 15.0. The van der Waals surface area contributed by atoms with Crippen LogP contribution in [-0.2, 0) is 11.3 Å². The van der Waals surface area contributed by atoms with Gasteiger partial charge < -0.3 is 10.1 Å². The van der Waals surface area contributed by atoms with Crippen LogP contribution in [0.3, 0.4) is 0 Å². The van der Waals surface area contributed by atoms with E-state index in [9.17, 15) is 23.7 Å². The first-order chi connectivity index (χ1) is 13.9. The number of imidazole rings is 1. The minimum atomic E-state index is -2.86. The molecule has 0 spiro atoms. The molecule has 8 nitrogen and oxygen atoms in total. The van der Waals surface area contributed by atoms with Crippen molar-refractivity contribution in [3.63, 3.8) is 0 Å². The third-order valence-electron chi connectivity index (χ3n) is 4.56. The number of nitro benzene ring substituents is 1. The number of nitrogens with one attached hydrogen (secondary N) is 1. The summed E-state index contributed by atoms with van der Waals surface area (Å²) in [6, 6.07) is 10.5. The summed E-state index contributed by atoms with van der Waals surface area (Å²) in [5.41, 5.74) is 0.613. The number of aromatic nitrogens is 2. The van der Waals surface area contributed by atoms with Gasteiger partial charge in [-0.05, 0) is 37.1 Å². The molecular formula is C19H16F2N4O4. The highest BCUT2D eigenvalue weighted by molar-refractivity contribution is 5.91. The first-order valence-electron chi connectivity index (χ1n) is 8.90. The lowest BCUT2D eigenvalue weighted by Crippen LogP contribution is -2.11. The molecule has 0 aliphatic heterocycles. The molecule has 1 saturated carbocycles. The van der Waals surface area contributed by atoms with Gasteiger partial charge in [-0.1, -0.05) is 12.1 Å². The lowest BCUT2D eigenvalue weighted by Gasteiger charge is -2.10. The van der Waals surface area contributed by atoms with E-state index in [4.69, 9.17) is 4.74 Å². The van der Waals surface area contributed by atoms with Gasteiger partial charge in [-0.2, -0.15) is 8.78 Å². The molecule has 1 fully saturated rings. The van der Waals surface area contributed by atoms with E-state index in [-0.39, 0.29) is 28.6 Å². The van der Waals surface area contributed by atoms with Crippen molar-refractivity contribution >= 4 is 28.4 Å². The Labute approximate surface area is 163 Å². The summed E-state index contributed by atoms with van der Waals surface area (Å²) < 4.78 is 32.7. The van der Waals surface area contributed by atoms with Gasteiger partial charge in [0.1, 0.15) is 12.3 Å². The second-order valence-corrected chi connectivity index (χ2v) is 6.65. The number of benzene rings is 2. The first-order valence-corrected chi connectivity index (χ1v) is 8.90. The number of carbonyl (C=O) groups is 1. The van der Waals surface area contributed by atoms with Gasteiger partial charge in [0.25, 0.3) is 5.69 Å². The number of hydrogen-bond acceptors (Lipinski definition) is 6. The molecule has 1 N–H and O–H groups in total. The molecule has 10 heteroatoms. The second kappa shape index (κ2) is 7.46. The van der Waals surface area contributed by atoms with Gasteiger partial charge in [-0.3, -0.25) is 14.7 Å². The molecule has 0 atom stereocenters. The van der Waals surface area contributed by atoms with Crippen molar-refractivity contribution in [2.45, 2.75) is 32.0 Å². The number of nitrogens with zero attached hydrogens (tertiary/aromatic N) is 3. The van der Waals surface area contributed by atoms with Gasteiger partial charge >= 0.3 is 12.5 Å². The SMILES string of the molecule is O=C(OCc1nc2ccccc2n1C(F)F)c1ccc(NC2CC2)c([N+](=O)[O-])c1. The fourth-order valence-corrected chi connectivity index (χ4v) is 3.01. The van der Waals surface area contributed by atoms with Crippen LogP contribution in [0.2, 0.25) is 0 Å². The number of halogens is 2. The van der Waals surface area contributed by atoms with E-state index in [1.807, 2.05) is 0 Å². The van der Waals surface area contributed by atoms with Crippen molar-refractivity contribution in [3.8, 4) is 0 Å². The molecule has 0 bridgehead atoms. The standard InChI is InChI=1S/C19H16F2N4O4/c20-19(21)24-15-4-2-1-3-13(15)23-17(24)10-29-18(26)11-5-8-14(22-12-6-7-12)16(9-11)25(27)28/h1-5,8-9,12,19,22H,6-7,10H2. The number of rotatable bonds is 7. The number of alkyl halides is 2. The number of ether oxygens (including phenoxy) is 1. The predicted octanol–water partition coefficient (Wildman–Crippen LogP) is 4.27. The van der Waals surface area contributed by atoms with Crippen LogP contribution in [0, 0.1) is 10.1 Å². The second-order valence-electron chi connectivity index (χ2n) is 6.65. The fourth-order valence-electron chi connectivity index (χ4n) is 3.01. The molecule has 0 saturated heterocycles. The summed E-state index contributed by atoms with van der Waals surface area (Å²) in [7, 11) is 0. The van der Waals surface area contributed by atoms with Crippen LogP contribution in [0.1, 0.15) is 35.6 Å². The summed E-state index contributed by atoms with van der Waals surface area (Å²) in [5.74, 6) is -0.977. The smallest absolute Gasteiger partial charge is 0.338 e. The predicted molar refractivity (Wildman–Crippen MR) is 99.8 cm³/mol. The highest BCUT2D eigenvalue weighted by Crippen LogP contribution is 2.32. The molecule has 1 aliphatic rings. The van der Waals surface area contributed by atoms with Crippen LogP contribution in [0.25, 0.3) is 11.0 Å². The normalized spacial score (nSPS) is 13.6. The summed E-state index contributed by atoms with van der Waals surface area (Å²) in [4.78, 5) is 27.2. The molecule has 0 radical (unpaired) electrons. The number of anilines is 1. The molecule has 29 heavy (non-hydrogen) atoms. The lowest BCUT2D eigenvalue weighted by atomic mass is 10.1. The molecule has 150 valence electrons. The van der Waals surface area contributed by atoms with Gasteiger partial charge in [0.05, 0.1) is 21.5 Å². The Morgan fingerprint density at radius 2 is 2.07 bits per heavy atom. The highest BCUT2D eigenvalue weighted by Gasteiger charge is 2.26. The summed E-state index contributed by atoms with van der Waals surface area (Å²) in [6.45, 7) is -3.35. The quantitative estimate of drug-likeness (QED) is 0.360. The number of hydrogen-bond donors (Lipinski definition) is 1. The minimum absolute atomic E-state index is 0.0437. The van der Waals surface area contributed by atoms with Crippen LogP contribution in [0.4, 0.5) is 20.2 Å². The molecule has 2 aromatic carbocycles. The Kier molecular flexibility index (Phi) is 4.83. The Hall–Kier alpha value is -3.56. The largest absolute Gasteiger partial charge is 0.454 e. The van der Waals surface area contributed by atoms with E-state index >= 15 is 0 Å². The van der Waals surface area contributed by atoms with Crippen LogP contribution in [-0.4, -0.2) is 26.5 Å². The van der Waals surface area contributed by atoms with Crippen molar-refractivity contribution in [1.29, 1.82) is 0 Å². The molecular weight excluding hydrogens is 386 g/mol. The van der Waals surface area contributed by atoms with Crippen LogP contribution in [0.5, 0.6) is 0 Å². The summed E-state index contributed by atoms with van der Waals surface area (Å²) >= 11 is 0. The van der Waals surface area contributed by atoms with E-state index in [0.717, 1.165) is 18.9 Å². The molecule has 0 unspecified atom stereocenters. The van der Waals surface area contributed by atoms with Crippen molar-refractivity contribution in [3.05, 3.63) is 64.0 Å². The monoisotopic (exact) mass is 402 g/mol. The van der Waals surface area contributed by atoms with Crippen LogP contribution >= 0.6 is 0 Å². The Bertz CT molecular complexity index is 1100. The molecule has 3 aromatic rings. The first kappa shape index (κ1) is 18.8. The molecule has 0 amide bonds. The summed E-state index contributed by atoms with van der Waals surface area (Å²) in [6.07, 6.45) is 1.87. The third kappa shape index (κ3) is 3.86. The molecule has 4 rings (SSSR count). The van der Waals surface area contributed by atoms with Gasteiger partial charge in [0.2, 0.25) is 0 Å². The van der Waals surface area contributed by atoms with E-state index in [0.29, 0.717) is 15.8 Å². The molecule has 1 aromatic heterocycles. The number of esters is 1. The van der Waals surface area contributed by atoms with E-state index < -0.39 is 24.0 Å². The number of para-hydroxylation sites is 2. The lowest BCUT2D eigenvalue weighted by molar-refractivity contribution is -0.384. The van der Waals surface area contributed by atoms with Gasteiger partial charge in [-0.15, -0.1) is 0 Å². The zero-order chi connectivity index (χ0) is 20.5. The Morgan fingerprint density at radius 1 is 1.31 bits per heavy atom. The van der Waals surface area contributed by atoms with Crippen molar-refractivity contribution in [1.82, 2.24) is 9.55 Å². The number of fused-ring (bicyclic) bond motifs is 1. The highest BCUT2D eigenvalue weighted by atomic mass is 19.3. The summed E-state index contributed by atoms with van der Waals surface area (Å²) in [5, 5.41) is 14.3. The number of carbonyl (C=O) groups excluding carboxylic acids is 1. The van der Waals surface area contributed by atoms with E-state index in [1.165, 1.54) is 18.2 Å². The van der Waals surface area contributed by atoms with Crippen LogP contribution < -0.4 is 5.32 Å². The number of nitro groups is 1. The average Bonchev–Trinajstić information content (AvgIpc) is 3.43. The van der Waals surface area contributed by atoms with E-state index in [1.54, 1.807) is 18.2 Å². The van der Waals surface area contributed by atoms with Gasteiger partial charge in [0, 0.05) is 12.1 Å². The molecule has 1 heterocycles. The van der Waals surface area contributed by atoms with Gasteiger partial charge in [0.15, 0.2) is 5.82 Å². The maximum absolute atomic E-state index is 13.4. The fraction of sp³-hybridized carbons (Fsp3) is 0.263. The Morgan fingerprint density at radius 3 is 2.76 bits per heavy atom. The van der Waals surface area contributed by atoms with Gasteiger partial charge in [-0.25, -0.2) is 9.78 Å². The van der Waals surface area contributed by atoms with Crippen molar-refractivity contribution in [2.75, 3.05) is 5.32 Å². The maximum Gasteiger partial charge on any atom is 0.338 e. The minimum Gasteiger partial charge on any atom is -0.454 e. The van der Waals surface area contributed by atoms with Crippen molar-refractivity contribution < 1.29 is 23.2 Å². The third-order valence-corrected chi connectivity index (χ3v) is 4.56. The topological polar surface area (TPSA) is 99.3 Å². The van der Waals surface area contributed by atoms with Crippen molar-refractivity contribution in [2.24, 2.45) is 0 Å². The average molecular weight is 402 g/mol. The maximum atomic E-state index is 13.4. The zero-order valence-corrected chi connectivity index (χ0v) is 15.0. The van der Waals surface area contributed by atoms with E-state index in [2.05, 4.69) is 10.3 Å².